The molecule has 1 aliphatic rings. The van der Waals surface area contributed by atoms with E-state index in [1.165, 1.54) is 37.4 Å². The first-order valence-electron chi connectivity index (χ1n) is 6.59. The van der Waals surface area contributed by atoms with Crippen molar-refractivity contribution in [2.24, 2.45) is 5.41 Å². The van der Waals surface area contributed by atoms with Gasteiger partial charge in [0.15, 0.2) is 0 Å². The molecular weight excluding hydrogens is 230 g/mol. The van der Waals surface area contributed by atoms with Crippen molar-refractivity contribution in [1.82, 2.24) is 15.6 Å². The Morgan fingerprint density at radius 2 is 2.29 bits per heavy atom. The lowest BCUT2D eigenvalue weighted by Gasteiger charge is -2.37. The molecule has 0 amide bonds. The van der Waals surface area contributed by atoms with Crippen LogP contribution in [0.3, 0.4) is 0 Å². The Morgan fingerprint density at radius 1 is 1.53 bits per heavy atom. The van der Waals surface area contributed by atoms with E-state index in [0.717, 1.165) is 6.54 Å². The van der Waals surface area contributed by atoms with Crippen molar-refractivity contribution < 1.29 is 0 Å². The van der Waals surface area contributed by atoms with Gasteiger partial charge in [-0.3, -0.25) is 0 Å². The Labute approximate surface area is 108 Å². The lowest BCUT2D eigenvalue weighted by molar-refractivity contribution is 0.180. The van der Waals surface area contributed by atoms with Gasteiger partial charge in [-0.2, -0.15) is 0 Å². The predicted octanol–water partition coefficient (Wildman–Crippen LogP) is 2.57. The van der Waals surface area contributed by atoms with Gasteiger partial charge >= 0.3 is 0 Å². The zero-order valence-electron chi connectivity index (χ0n) is 10.8. The number of nitrogens with one attached hydrogen (secondary N) is 2. The SMILES string of the molecule is CCC1(CNC(C)c2nccs2)CCNCC1. The van der Waals surface area contributed by atoms with Crippen LogP contribution in [0.4, 0.5) is 0 Å². The summed E-state index contributed by atoms with van der Waals surface area (Å²) in [5.74, 6) is 0. The zero-order chi connectivity index (χ0) is 12.1. The number of aromatic nitrogens is 1. The first kappa shape index (κ1) is 13.0. The highest BCUT2D eigenvalue weighted by atomic mass is 32.1. The zero-order valence-corrected chi connectivity index (χ0v) is 11.6. The molecule has 0 radical (unpaired) electrons. The topological polar surface area (TPSA) is 37.0 Å². The average Bonchev–Trinajstić information content (AvgIpc) is 2.91. The normalized spacial score (nSPS) is 21.3. The Balaban J connectivity index is 1.87. The molecule has 4 heteroatoms. The van der Waals surface area contributed by atoms with Gasteiger partial charge in [0.05, 0.1) is 6.04 Å². The van der Waals surface area contributed by atoms with Gasteiger partial charge in [-0.1, -0.05) is 6.92 Å². The molecule has 1 aromatic heterocycles. The van der Waals surface area contributed by atoms with Crippen LogP contribution in [-0.4, -0.2) is 24.6 Å². The fourth-order valence-corrected chi connectivity index (χ4v) is 3.19. The molecule has 17 heavy (non-hydrogen) atoms. The summed E-state index contributed by atoms with van der Waals surface area (Å²) in [4.78, 5) is 4.37. The van der Waals surface area contributed by atoms with Crippen molar-refractivity contribution in [3.63, 3.8) is 0 Å². The second kappa shape index (κ2) is 5.94. The van der Waals surface area contributed by atoms with Crippen LogP contribution in [0.15, 0.2) is 11.6 Å². The Bertz CT molecular complexity index is 317. The molecule has 0 bridgehead atoms. The van der Waals surface area contributed by atoms with Crippen LogP contribution in [0.5, 0.6) is 0 Å². The van der Waals surface area contributed by atoms with Crippen LogP contribution in [0.1, 0.15) is 44.2 Å². The maximum absolute atomic E-state index is 4.37. The third-order valence-electron chi connectivity index (χ3n) is 4.02. The minimum absolute atomic E-state index is 0.383. The van der Waals surface area contributed by atoms with Gasteiger partial charge in [0.25, 0.3) is 0 Å². The largest absolute Gasteiger partial charge is 0.317 e. The highest BCUT2D eigenvalue weighted by Gasteiger charge is 2.30. The molecule has 0 saturated carbocycles. The number of hydrogen-bond donors (Lipinski definition) is 2. The van der Waals surface area contributed by atoms with E-state index in [9.17, 15) is 0 Å². The predicted molar refractivity (Wildman–Crippen MR) is 73.4 cm³/mol. The van der Waals surface area contributed by atoms with Crippen LogP contribution in [0, 0.1) is 5.41 Å². The van der Waals surface area contributed by atoms with E-state index in [4.69, 9.17) is 0 Å². The monoisotopic (exact) mass is 253 g/mol. The summed E-state index contributed by atoms with van der Waals surface area (Å²) in [7, 11) is 0. The van der Waals surface area contributed by atoms with Gasteiger partial charge in [0.2, 0.25) is 0 Å². The van der Waals surface area contributed by atoms with Crippen molar-refractivity contribution in [3.05, 3.63) is 16.6 Å². The smallest absolute Gasteiger partial charge is 0.109 e. The lowest BCUT2D eigenvalue weighted by Crippen LogP contribution is -2.43. The minimum Gasteiger partial charge on any atom is -0.317 e. The van der Waals surface area contributed by atoms with Gasteiger partial charge in [-0.25, -0.2) is 4.98 Å². The molecule has 1 atom stereocenters. The molecule has 1 aliphatic heterocycles. The number of nitrogens with zero attached hydrogens (tertiary/aromatic N) is 1. The molecule has 1 aromatic rings. The summed E-state index contributed by atoms with van der Waals surface area (Å²) in [5, 5.41) is 10.4. The minimum atomic E-state index is 0.383. The number of piperidine rings is 1. The van der Waals surface area contributed by atoms with Gasteiger partial charge in [-0.15, -0.1) is 11.3 Å². The van der Waals surface area contributed by atoms with Crippen molar-refractivity contribution in [1.29, 1.82) is 0 Å². The third-order valence-corrected chi connectivity index (χ3v) is 4.98. The van der Waals surface area contributed by atoms with Gasteiger partial charge in [0.1, 0.15) is 5.01 Å². The van der Waals surface area contributed by atoms with E-state index in [0.29, 0.717) is 11.5 Å². The van der Waals surface area contributed by atoms with E-state index in [1.807, 2.05) is 11.6 Å². The summed E-state index contributed by atoms with van der Waals surface area (Å²) in [6.45, 7) is 7.98. The van der Waals surface area contributed by atoms with E-state index >= 15 is 0 Å². The van der Waals surface area contributed by atoms with Crippen LogP contribution < -0.4 is 10.6 Å². The van der Waals surface area contributed by atoms with Crippen molar-refractivity contribution >= 4 is 11.3 Å². The molecule has 0 aromatic carbocycles. The molecule has 96 valence electrons. The van der Waals surface area contributed by atoms with Crippen molar-refractivity contribution in [2.75, 3.05) is 19.6 Å². The molecule has 2 N–H and O–H groups in total. The maximum Gasteiger partial charge on any atom is 0.109 e. The molecule has 1 saturated heterocycles. The van der Waals surface area contributed by atoms with E-state index < -0.39 is 0 Å². The summed E-state index contributed by atoms with van der Waals surface area (Å²) in [5.41, 5.74) is 0.497. The standard InChI is InChI=1S/C13H23N3S/c1-3-13(4-6-14-7-5-13)10-16-11(2)12-15-8-9-17-12/h8-9,11,14,16H,3-7,10H2,1-2H3. The van der Waals surface area contributed by atoms with Crippen molar-refractivity contribution in [3.8, 4) is 0 Å². The highest BCUT2D eigenvalue weighted by Crippen LogP contribution is 2.32. The molecule has 0 spiro atoms. The fraction of sp³-hybridized carbons (Fsp3) is 0.769. The summed E-state index contributed by atoms with van der Waals surface area (Å²) in [6, 6.07) is 0.383. The molecule has 1 unspecified atom stereocenters. The van der Waals surface area contributed by atoms with E-state index in [1.54, 1.807) is 11.3 Å². The number of rotatable bonds is 5. The average molecular weight is 253 g/mol. The molecule has 1 fully saturated rings. The third kappa shape index (κ3) is 3.27. The van der Waals surface area contributed by atoms with E-state index in [-0.39, 0.29) is 0 Å². The van der Waals surface area contributed by atoms with Gasteiger partial charge in [0, 0.05) is 18.1 Å². The van der Waals surface area contributed by atoms with Gasteiger partial charge in [-0.05, 0) is 44.7 Å². The molecule has 2 heterocycles. The van der Waals surface area contributed by atoms with Crippen LogP contribution in [0.25, 0.3) is 0 Å². The van der Waals surface area contributed by atoms with Crippen molar-refractivity contribution in [2.45, 2.75) is 39.2 Å². The Kier molecular flexibility index (Phi) is 4.54. The molecular formula is C13H23N3S. The highest BCUT2D eigenvalue weighted by molar-refractivity contribution is 7.09. The maximum atomic E-state index is 4.37. The summed E-state index contributed by atoms with van der Waals surface area (Å²) < 4.78 is 0. The first-order valence-corrected chi connectivity index (χ1v) is 7.47. The van der Waals surface area contributed by atoms with Gasteiger partial charge < -0.3 is 10.6 Å². The van der Waals surface area contributed by atoms with Crippen LogP contribution >= 0.6 is 11.3 Å². The van der Waals surface area contributed by atoms with Crippen LogP contribution in [0.2, 0.25) is 0 Å². The molecule has 3 nitrogen and oxygen atoms in total. The molecule has 0 aliphatic carbocycles. The molecule has 2 rings (SSSR count). The number of hydrogen-bond acceptors (Lipinski definition) is 4. The van der Waals surface area contributed by atoms with Crippen LogP contribution in [-0.2, 0) is 0 Å². The van der Waals surface area contributed by atoms with E-state index in [2.05, 4.69) is 29.5 Å². The lowest BCUT2D eigenvalue weighted by atomic mass is 9.76. The first-order chi connectivity index (χ1) is 8.26. The summed E-state index contributed by atoms with van der Waals surface area (Å²) >= 11 is 1.74. The second-order valence-electron chi connectivity index (χ2n) is 5.08. The Hall–Kier alpha value is -0.450. The number of thiazole rings is 1. The quantitative estimate of drug-likeness (QED) is 0.847. The second-order valence-corrected chi connectivity index (χ2v) is 6.00. The fourth-order valence-electron chi connectivity index (χ4n) is 2.52. The Morgan fingerprint density at radius 3 is 2.88 bits per heavy atom. The summed E-state index contributed by atoms with van der Waals surface area (Å²) in [6.07, 6.45) is 5.74.